The maximum absolute atomic E-state index is 14.1. The van der Waals surface area contributed by atoms with Crippen molar-refractivity contribution in [1.82, 2.24) is 18.8 Å². The Balaban J connectivity index is 1.47. The lowest BCUT2D eigenvalue weighted by atomic mass is 9.74. The van der Waals surface area contributed by atoms with Gasteiger partial charge in [0.15, 0.2) is 10.8 Å². The van der Waals surface area contributed by atoms with Gasteiger partial charge in [0.25, 0.3) is 10.0 Å². The molecule has 1 aliphatic heterocycles. The van der Waals surface area contributed by atoms with E-state index in [-0.39, 0.29) is 56.0 Å². The third-order valence-electron chi connectivity index (χ3n) is 7.41. The SMILES string of the molecule is Cc1cc(Cl)ccc1C(=O)CCC1(N2CCN(S(=O)(=O)c3cn(C)cn3)CC2)CCC(F)(F)CC1. The van der Waals surface area contributed by atoms with E-state index in [9.17, 15) is 22.0 Å². The molecule has 0 bridgehead atoms. The number of benzene rings is 1. The fourth-order valence-corrected chi connectivity index (χ4v) is 6.90. The fraction of sp³-hybridized carbons (Fsp3) is 0.583. The number of aryl methyl sites for hydroxylation is 2. The summed E-state index contributed by atoms with van der Waals surface area (Å²) < 4.78 is 57.1. The Kier molecular flexibility index (Phi) is 7.39. The van der Waals surface area contributed by atoms with Gasteiger partial charge < -0.3 is 4.57 Å². The van der Waals surface area contributed by atoms with Gasteiger partial charge in [-0.2, -0.15) is 4.31 Å². The van der Waals surface area contributed by atoms with Crippen molar-refractivity contribution in [2.24, 2.45) is 7.05 Å². The summed E-state index contributed by atoms with van der Waals surface area (Å²) in [5, 5.41) is 0.563. The van der Waals surface area contributed by atoms with Crippen LogP contribution in [-0.2, 0) is 17.1 Å². The van der Waals surface area contributed by atoms with Gasteiger partial charge in [-0.15, -0.1) is 0 Å². The second-order valence-corrected chi connectivity index (χ2v) is 12.1. The zero-order valence-electron chi connectivity index (χ0n) is 20.0. The fourth-order valence-electron chi connectivity index (χ4n) is 5.28. The van der Waals surface area contributed by atoms with Crippen LogP contribution < -0.4 is 0 Å². The lowest BCUT2D eigenvalue weighted by Gasteiger charge is -2.50. The lowest BCUT2D eigenvalue weighted by Crippen LogP contribution is -2.59. The number of sulfonamides is 1. The molecule has 1 aromatic heterocycles. The number of nitrogens with zero attached hydrogens (tertiary/aromatic N) is 4. The van der Waals surface area contributed by atoms with Crippen LogP contribution in [-0.4, -0.2) is 70.6 Å². The first-order valence-electron chi connectivity index (χ1n) is 11.8. The summed E-state index contributed by atoms with van der Waals surface area (Å²) in [6.45, 7) is 3.18. The molecule has 7 nitrogen and oxygen atoms in total. The molecule has 35 heavy (non-hydrogen) atoms. The Morgan fingerprint density at radius 2 is 1.77 bits per heavy atom. The molecular weight excluding hydrogens is 498 g/mol. The zero-order valence-corrected chi connectivity index (χ0v) is 21.6. The number of rotatable bonds is 7. The molecule has 2 heterocycles. The highest BCUT2D eigenvalue weighted by Crippen LogP contribution is 2.44. The number of piperazine rings is 1. The van der Waals surface area contributed by atoms with Crippen molar-refractivity contribution in [3.05, 3.63) is 46.9 Å². The Morgan fingerprint density at radius 1 is 1.11 bits per heavy atom. The maximum atomic E-state index is 14.1. The molecule has 1 saturated carbocycles. The van der Waals surface area contributed by atoms with Crippen LogP contribution in [0.15, 0.2) is 35.7 Å². The predicted molar refractivity (Wildman–Crippen MR) is 129 cm³/mol. The number of alkyl halides is 2. The van der Waals surface area contributed by atoms with E-state index < -0.39 is 21.5 Å². The molecule has 0 N–H and O–H groups in total. The zero-order chi connectivity index (χ0) is 25.4. The number of hydrogen-bond donors (Lipinski definition) is 0. The summed E-state index contributed by atoms with van der Waals surface area (Å²) >= 11 is 6.01. The van der Waals surface area contributed by atoms with E-state index in [1.165, 1.54) is 16.8 Å². The van der Waals surface area contributed by atoms with Gasteiger partial charge in [-0.3, -0.25) is 9.69 Å². The van der Waals surface area contributed by atoms with Crippen LogP contribution in [0.4, 0.5) is 8.78 Å². The van der Waals surface area contributed by atoms with Gasteiger partial charge in [0.05, 0.1) is 6.33 Å². The first kappa shape index (κ1) is 26.2. The van der Waals surface area contributed by atoms with Crippen molar-refractivity contribution >= 4 is 27.4 Å². The maximum Gasteiger partial charge on any atom is 0.262 e. The third kappa shape index (κ3) is 5.60. The average molecular weight is 529 g/mol. The number of Topliss-reactive ketones (excluding diaryl/α,β-unsaturated/α-hetero) is 1. The van der Waals surface area contributed by atoms with Gasteiger partial charge in [-0.05, 0) is 49.9 Å². The molecule has 2 aliphatic rings. The molecule has 11 heteroatoms. The number of carbonyl (C=O) groups excluding carboxylic acids is 1. The van der Waals surface area contributed by atoms with E-state index in [2.05, 4.69) is 9.88 Å². The minimum Gasteiger partial charge on any atom is -0.339 e. The number of imidazole rings is 1. The van der Waals surface area contributed by atoms with E-state index in [1.807, 2.05) is 6.92 Å². The summed E-state index contributed by atoms with van der Waals surface area (Å²) in [4.78, 5) is 19.1. The Hall–Kier alpha value is -1.88. The minimum atomic E-state index is -3.71. The standard InChI is InChI=1S/C24H31ClF2N4O3S/c1-18-15-19(25)3-4-20(18)21(32)5-6-23(7-9-24(26,27)10-8-23)30-11-13-31(14-12-30)35(33,34)22-16-29(2)17-28-22/h3-4,15-17H,5-14H2,1-2H3. The van der Waals surface area contributed by atoms with Crippen molar-refractivity contribution in [2.45, 2.75) is 61.9 Å². The number of aromatic nitrogens is 2. The van der Waals surface area contributed by atoms with Gasteiger partial charge in [0, 0.05) is 74.8 Å². The van der Waals surface area contributed by atoms with E-state index >= 15 is 0 Å². The van der Waals surface area contributed by atoms with Crippen LogP contribution in [0.2, 0.25) is 5.02 Å². The normalized spacial score (nSPS) is 21.2. The minimum absolute atomic E-state index is 0.00408. The van der Waals surface area contributed by atoms with E-state index in [0.29, 0.717) is 30.1 Å². The second kappa shape index (κ2) is 9.88. The van der Waals surface area contributed by atoms with Crippen molar-refractivity contribution in [3.63, 3.8) is 0 Å². The van der Waals surface area contributed by atoms with E-state index in [1.54, 1.807) is 29.8 Å². The summed E-state index contributed by atoms with van der Waals surface area (Å²) in [7, 11) is -2.01. The molecule has 1 saturated heterocycles. The first-order valence-corrected chi connectivity index (χ1v) is 13.6. The van der Waals surface area contributed by atoms with Crippen molar-refractivity contribution < 1.29 is 22.0 Å². The number of halogens is 3. The molecule has 2 fully saturated rings. The molecular formula is C24H31ClF2N4O3S. The lowest BCUT2D eigenvalue weighted by molar-refractivity contribution is -0.0891. The van der Waals surface area contributed by atoms with E-state index in [0.717, 1.165) is 5.56 Å². The molecule has 192 valence electrons. The second-order valence-electron chi connectivity index (χ2n) is 9.73. The number of ketones is 1. The summed E-state index contributed by atoms with van der Waals surface area (Å²) in [5.74, 6) is -2.74. The van der Waals surface area contributed by atoms with Crippen molar-refractivity contribution in [3.8, 4) is 0 Å². The molecule has 1 aromatic carbocycles. The summed E-state index contributed by atoms with van der Waals surface area (Å²) in [6, 6.07) is 5.13. The largest absolute Gasteiger partial charge is 0.339 e. The molecule has 0 radical (unpaired) electrons. The van der Waals surface area contributed by atoms with Crippen molar-refractivity contribution in [2.75, 3.05) is 26.2 Å². The van der Waals surface area contributed by atoms with Gasteiger partial charge in [-0.25, -0.2) is 22.2 Å². The third-order valence-corrected chi connectivity index (χ3v) is 9.43. The van der Waals surface area contributed by atoms with Gasteiger partial charge in [0.1, 0.15) is 0 Å². The quantitative estimate of drug-likeness (QED) is 0.501. The van der Waals surface area contributed by atoms with Crippen LogP contribution in [0.25, 0.3) is 0 Å². The van der Waals surface area contributed by atoms with Crippen molar-refractivity contribution in [1.29, 1.82) is 0 Å². The first-order chi connectivity index (χ1) is 16.4. The van der Waals surface area contributed by atoms with Crippen LogP contribution >= 0.6 is 11.6 Å². The molecule has 4 rings (SSSR count). The highest BCUT2D eigenvalue weighted by atomic mass is 35.5. The Labute approximate surface area is 210 Å². The molecule has 1 aliphatic carbocycles. The summed E-state index contributed by atoms with van der Waals surface area (Å²) in [5.41, 5.74) is 0.829. The van der Waals surface area contributed by atoms with Crippen LogP contribution in [0.1, 0.15) is 54.4 Å². The van der Waals surface area contributed by atoms with E-state index in [4.69, 9.17) is 11.6 Å². The Morgan fingerprint density at radius 3 is 2.34 bits per heavy atom. The highest BCUT2D eigenvalue weighted by molar-refractivity contribution is 7.89. The predicted octanol–water partition coefficient (Wildman–Crippen LogP) is 4.30. The van der Waals surface area contributed by atoms with Crippen LogP contribution in [0.5, 0.6) is 0 Å². The molecule has 0 unspecified atom stereocenters. The molecule has 2 aromatic rings. The van der Waals surface area contributed by atoms with Crippen LogP contribution in [0.3, 0.4) is 0 Å². The molecule has 0 spiro atoms. The van der Waals surface area contributed by atoms with Gasteiger partial charge in [0.2, 0.25) is 5.92 Å². The van der Waals surface area contributed by atoms with Crippen LogP contribution in [0, 0.1) is 6.92 Å². The Bertz CT molecular complexity index is 1180. The number of hydrogen-bond acceptors (Lipinski definition) is 5. The number of carbonyl (C=O) groups is 1. The van der Waals surface area contributed by atoms with Gasteiger partial charge >= 0.3 is 0 Å². The smallest absolute Gasteiger partial charge is 0.262 e. The topological polar surface area (TPSA) is 75.5 Å². The molecule has 0 amide bonds. The molecule has 0 atom stereocenters. The highest BCUT2D eigenvalue weighted by Gasteiger charge is 2.47. The monoisotopic (exact) mass is 528 g/mol. The average Bonchev–Trinajstić information content (AvgIpc) is 3.26. The van der Waals surface area contributed by atoms with Gasteiger partial charge in [-0.1, -0.05) is 11.6 Å². The summed E-state index contributed by atoms with van der Waals surface area (Å²) in [6.07, 6.45) is 3.70.